The van der Waals surface area contributed by atoms with E-state index in [-0.39, 0.29) is 10.8 Å². The van der Waals surface area contributed by atoms with E-state index in [0.717, 1.165) is 12.8 Å². The molecule has 0 aliphatic heterocycles. The van der Waals surface area contributed by atoms with Gasteiger partial charge in [0.1, 0.15) is 0 Å². The molecule has 0 aliphatic carbocycles. The van der Waals surface area contributed by atoms with Crippen LogP contribution in [0, 0.1) is 0 Å². The fraction of sp³-hybridized carbons (Fsp3) is 0.533. The monoisotopic (exact) mass is 312 g/mol. The van der Waals surface area contributed by atoms with Crippen LogP contribution in [0.4, 0.5) is 0 Å². The number of unbranched alkanes of at least 4 members (excludes halogenated alkanes) is 1. The van der Waals surface area contributed by atoms with E-state index in [1.54, 1.807) is 32.9 Å². The van der Waals surface area contributed by atoms with Crippen molar-refractivity contribution in [3.63, 3.8) is 0 Å². The molecule has 0 bridgehead atoms. The zero-order chi connectivity index (χ0) is 16.1. The van der Waals surface area contributed by atoms with Crippen LogP contribution in [-0.2, 0) is 10.0 Å². The summed E-state index contributed by atoms with van der Waals surface area (Å²) in [6.45, 7) is 7.94. The summed E-state index contributed by atoms with van der Waals surface area (Å²) in [6.07, 6.45) is 1.89. The van der Waals surface area contributed by atoms with Crippen LogP contribution in [0.3, 0.4) is 0 Å². The zero-order valence-electron chi connectivity index (χ0n) is 13.1. The molecule has 1 rings (SSSR count). The van der Waals surface area contributed by atoms with Crippen LogP contribution in [0.15, 0.2) is 29.2 Å². The number of rotatable bonds is 6. The van der Waals surface area contributed by atoms with E-state index in [2.05, 4.69) is 10.0 Å². The SMILES string of the molecule is CCCCNC(=O)c1cccc(S(=O)(=O)NC(C)(C)C)c1. The van der Waals surface area contributed by atoms with Gasteiger partial charge in [0, 0.05) is 17.6 Å². The van der Waals surface area contributed by atoms with Gasteiger partial charge in [0.25, 0.3) is 5.91 Å². The normalized spacial score (nSPS) is 12.2. The molecular formula is C15H24N2O3S. The number of amides is 1. The zero-order valence-corrected chi connectivity index (χ0v) is 13.9. The fourth-order valence-corrected chi connectivity index (χ4v) is 3.21. The van der Waals surface area contributed by atoms with E-state index in [4.69, 9.17) is 0 Å². The molecule has 0 spiro atoms. The Balaban J connectivity index is 2.93. The van der Waals surface area contributed by atoms with Crippen LogP contribution in [0.5, 0.6) is 0 Å². The Morgan fingerprint density at radius 1 is 1.24 bits per heavy atom. The molecule has 21 heavy (non-hydrogen) atoms. The van der Waals surface area contributed by atoms with E-state index in [1.807, 2.05) is 6.92 Å². The smallest absolute Gasteiger partial charge is 0.251 e. The third-order valence-electron chi connectivity index (χ3n) is 2.66. The summed E-state index contributed by atoms with van der Waals surface area (Å²) in [7, 11) is -3.63. The van der Waals surface area contributed by atoms with Crippen LogP contribution >= 0.6 is 0 Å². The molecule has 0 heterocycles. The molecule has 118 valence electrons. The minimum atomic E-state index is -3.63. The molecule has 1 amide bonds. The Kier molecular flexibility index (Phi) is 5.92. The minimum absolute atomic E-state index is 0.0977. The van der Waals surface area contributed by atoms with Gasteiger partial charge in [-0.2, -0.15) is 0 Å². The van der Waals surface area contributed by atoms with Gasteiger partial charge in [0.05, 0.1) is 4.90 Å². The molecule has 2 N–H and O–H groups in total. The molecule has 1 aromatic carbocycles. The predicted molar refractivity (Wildman–Crippen MR) is 83.8 cm³/mol. The Labute approximate surface area is 127 Å². The van der Waals surface area contributed by atoms with Gasteiger partial charge in [0.2, 0.25) is 10.0 Å². The summed E-state index contributed by atoms with van der Waals surface area (Å²) < 4.78 is 27.1. The molecular weight excluding hydrogens is 288 g/mol. The van der Waals surface area contributed by atoms with Gasteiger partial charge in [0.15, 0.2) is 0 Å². The molecule has 0 saturated carbocycles. The van der Waals surface area contributed by atoms with Gasteiger partial charge in [-0.3, -0.25) is 4.79 Å². The van der Waals surface area contributed by atoms with Gasteiger partial charge in [-0.25, -0.2) is 13.1 Å². The number of nitrogens with one attached hydrogen (secondary N) is 2. The average Bonchev–Trinajstić information content (AvgIpc) is 2.36. The van der Waals surface area contributed by atoms with Crippen molar-refractivity contribution in [3.05, 3.63) is 29.8 Å². The highest BCUT2D eigenvalue weighted by molar-refractivity contribution is 7.89. The number of carbonyl (C=O) groups excluding carboxylic acids is 1. The van der Waals surface area contributed by atoms with Crippen LogP contribution in [-0.4, -0.2) is 26.4 Å². The molecule has 0 fully saturated rings. The van der Waals surface area contributed by atoms with Crippen LogP contribution in [0.2, 0.25) is 0 Å². The Morgan fingerprint density at radius 2 is 1.90 bits per heavy atom. The van der Waals surface area contributed by atoms with Crippen molar-refractivity contribution in [1.29, 1.82) is 0 Å². The Morgan fingerprint density at radius 3 is 2.48 bits per heavy atom. The Hall–Kier alpha value is -1.40. The van der Waals surface area contributed by atoms with E-state index < -0.39 is 15.6 Å². The molecule has 0 saturated heterocycles. The first-order chi connectivity index (χ1) is 9.65. The van der Waals surface area contributed by atoms with Gasteiger partial charge in [-0.05, 0) is 45.4 Å². The third kappa shape index (κ3) is 5.85. The topological polar surface area (TPSA) is 75.3 Å². The van der Waals surface area contributed by atoms with Crippen LogP contribution in [0.1, 0.15) is 50.9 Å². The highest BCUT2D eigenvalue weighted by atomic mass is 32.2. The maximum absolute atomic E-state index is 12.2. The molecule has 1 aromatic rings. The first-order valence-corrected chi connectivity index (χ1v) is 8.56. The summed E-state index contributed by atoms with van der Waals surface area (Å²) in [5, 5.41) is 2.77. The summed E-state index contributed by atoms with van der Waals surface area (Å²) in [5.74, 6) is -0.253. The summed E-state index contributed by atoms with van der Waals surface area (Å²) in [5.41, 5.74) is -0.221. The van der Waals surface area contributed by atoms with E-state index in [9.17, 15) is 13.2 Å². The second kappa shape index (κ2) is 7.04. The lowest BCUT2D eigenvalue weighted by Gasteiger charge is -2.20. The molecule has 0 aliphatic rings. The van der Waals surface area contributed by atoms with E-state index in [0.29, 0.717) is 12.1 Å². The maximum atomic E-state index is 12.2. The van der Waals surface area contributed by atoms with Crippen molar-refractivity contribution in [2.75, 3.05) is 6.54 Å². The lowest BCUT2D eigenvalue weighted by atomic mass is 10.1. The molecule has 0 radical (unpaired) electrons. The predicted octanol–water partition coefficient (Wildman–Crippen LogP) is 2.29. The largest absolute Gasteiger partial charge is 0.352 e. The highest BCUT2D eigenvalue weighted by Gasteiger charge is 2.22. The lowest BCUT2D eigenvalue weighted by molar-refractivity contribution is 0.0953. The van der Waals surface area contributed by atoms with Gasteiger partial charge >= 0.3 is 0 Å². The van der Waals surface area contributed by atoms with Crippen LogP contribution in [0.25, 0.3) is 0 Å². The fourth-order valence-electron chi connectivity index (χ4n) is 1.75. The lowest BCUT2D eigenvalue weighted by Crippen LogP contribution is -2.40. The van der Waals surface area contributed by atoms with Crippen molar-refractivity contribution in [3.8, 4) is 0 Å². The summed E-state index contributed by atoms with van der Waals surface area (Å²) >= 11 is 0. The van der Waals surface area contributed by atoms with Gasteiger partial charge < -0.3 is 5.32 Å². The number of benzene rings is 1. The van der Waals surface area contributed by atoms with Crippen molar-refractivity contribution in [1.82, 2.24) is 10.0 Å². The Bertz CT molecular complexity index is 589. The number of carbonyl (C=O) groups is 1. The number of hydrogen-bond donors (Lipinski definition) is 2. The van der Waals surface area contributed by atoms with Crippen molar-refractivity contribution in [2.45, 2.75) is 51.0 Å². The first-order valence-electron chi connectivity index (χ1n) is 7.08. The molecule has 5 nitrogen and oxygen atoms in total. The quantitative estimate of drug-likeness (QED) is 0.791. The van der Waals surface area contributed by atoms with Gasteiger partial charge in [-0.1, -0.05) is 19.4 Å². The molecule has 0 unspecified atom stereocenters. The third-order valence-corrected chi connectivity index (χ3v) is 4.42. The highest BCUT2D eigenvalue weighted by Crippen LogP contribution is 2.14. The average molecular weight is 312 g/mol. The summed E-state index contributed by atoms with van der Waals surface area (Å²) in [6, 6.07) is 6.07. The maximum Gasteiger partial charge on any atom is 0.251 e. The summed E-state index contributed by atoms with van der Waals surface area (Å²) in [4.78, 5) is 12.1. The second-order valence-corrected chi connectivity index (χ2v) is 7.68. The standard InChI is InChI=1S/C15H24N2O3S/c1-5-6-10-16-14(18)12-8-7-9-13(11-12)21(19,20)17-15(2,3)4/h7-9,11,17H,5-6,10H2,1-4H3,(H,16,18). The van der Waals surface area contributed by atoms with E-state index in [1.165, 1.54) is 12.1 Å². The molecule has 6 heteroatoms. The van der Waals surface area contributed by atoms with Gasteiger partial charge in [-0.15, -0.1) is 0 Å². The first kappa shape index (κ1) is 17.7. The van der Waals surface area contributed by atoms with Crippen molar-refractivity contribution >= 4 is 15.9 Å². The number of sulfonamides is 1. The second-order valence-electron chi connectivity index (χ2n) is 5.99. The molecule has 0 aromatic heterocycles. The number of hydrogen-bond acceptors (Lipinski definition) is 3. The molecule has 0 atom stereocenters. The minimum Gasteiger partial charge on any atom is -0.352 e. The van der Waals surface area contributed by atoms with Crippen molar-refractivity contribution in [2.24, 2.45) is 0 Å². The van der Waals surface area contributed by atoms with Crippen LogP contribution < -0.4 is 10.0 Å². The van der Waals surface area contributed by atoms with Crippen molar-refractivity contribution < 1.29 is 13.2 Å². The van der Waals surface area contributed by atoms with E-state index >= 15 is 0 Å².